The van der Waals surface area contributed by atoms with E-state index in [-0.39, 0.29) is 0 Å². The van der Waals surface area contributed by atoms with E-state index in [9.17, 15) is 0 Å². The zero-order valence-electron chi connectivity index (χ0n) is 11.7. The average Bonchev–Trinajstić information content (AvgIpc) is 2.93. The third kappa shape index (κ3) is 2.14. The largest absolute Gasteiger partial charge is 0.350 e. The highest BCUT2D eigenvalue weighted by Gasteiger charge is 2.21. The second-order valence-corrected chi connectivity index (χ2v) is 5.95. The Kier molecular flexibility index (Phi) is 3.19. The molecule has 3 heterocycles. The Hall–Kier alpha value is -1.81. The van der Waals surface area contributed by atoms with Crippen molar-refractivity contribution in [2.45, 2.75) is 18.3 Å². The summed E-state index contributed by atoms with van der Waals surface area (Å²) in [6.45, 7) is 1.97. The molecule has 106 valence electrons. The van der Waals surface area contributed by atoms with E-state index in [2.05, 4.69) is 67.8 Å². The van der Waals surface area contributed by atoms with Gasteiger partial charge in [-0.25, -0.2) is 4.98 Å². The Morgan fingerprint density at radius 1 is 1.05 bits per heavy atom. The number of nitrogens with zero attached hydrogens (tertiary/aromatic N) is 3. The van der Waals surface area contributed by atoms with E-state index in [0.29, 0.717) is 0 Å². The maximum atomic E-state index is 4.84. The molecule has 1 aromatic carbocycles. The molecule has 1 aliphatic heterocycles. The highest BCUT2D eigenvalue weighted by atomic mass is 79.9. The number of hydrogen-bond donors (Lipinski definition) is 0. The van der Waals surface area contributed by atoms with Gasteiger partial charge in [0.1, 0.15) is 5.65 Å². The van der Waals surface area contributed by atoms with Crippen LogP contribution in [0.5, 0.6) is 0 Å². The first-order valence-electron chi connectivity index (χ1n) is 7.20. The quantitative estimate of drug-likeness (QED) is 0.661. The molecule has 0 bridgehead atoms. The summed E-state index contributed by atoms with van der Waals surface area (Å²) in [6, 6.07) is 14.9. The van der Waals surface area contributed by atoms with Crippen LogP contribution < -0.4 is 4.90 Å². The molecule has 0 saturated heterocycles. The van der Waals surface area contributed by atoms with Crippen molar-refractivity contribution in [3.63, 3.8) is 0 Å². The third-order valence-electron chi connectivity index (χ3n) is 4.16. The second-order valence-electron chi connectivity index (χ2n) is 5.38. The molecule has 3 aromatic rings. The van der Waals surface area contributed by atoms with E-state index in [0.717, 1.165) is 36.3 Å². The van der Waals surface area contributed by atoms with Crippen LogP contribution in [0.1, 0.15) is 16.8 Å². The second kappa shape index (κ2) is 5.19. The standard InChI is InChI=1S/C17H16BrN3/c18-11-15-17(19-16-7-3-4-9-21(15)16)20-10-8-13-5-1-2-6-14(13)12-20/h1-7,9H,8,10-12H2. The van der Waals surface area contributed by atoms with Gasteiger partial charge < -0.3 is 9.30 Å². The number of fused-ring (bicyclic) bond motifs is 2. The number of pyridine rings is 1. The van der Waals surface area contributed by atoms with Crippen LogP contribution >= 0.6 is 15.9 Å². The molecule has 4 heteroatoms. The first kappa shape index (κ1) is 12.9. The molecule has 0 N–H and O–H groups in total. The number of aromatic nitrogens is 2. The first-order valence-corrected chi connectivity index (χ1v) is 8.32. The van der Waals surface area contributed by atoms with Crippen LogP contribution in [-0.4, -0.2) is 15.9 Å². The van der Waals surface area contributed by atoms with Crippen molar-refractivity contribution in [3.8, 4) is 0 Å². The molecule has 1 aliphatic rings. The van der Waals surface area contributed by atoms with Crippen LogP contribution in [0.4, 0.5) is 5.82 Å². The summed E-state index contributed by atoms with van der Waals surface area (Å²) in [4.78, 5) is 7.23. The van der Waals surface area contributed by atoms with E-state index in [1.807, 2.05) is 6.07 Å². The lowest BCUT2D eigenvalue weighted by Crippen LogP contribution is -2.31. The van der Waals surface area contributed by atoms with Crippen molar-refractivity contribution in [1.29, 1.82) is 0 Å². The van der Waals surface area contributed by atoms with E-state index in [4.69, 9.17) is 4.98 Å². The number of hydrogen-bond acceptors (Lipinski definition) is 2. The number of halogens is 1. The van der Waals surface area contributed by atoms with Gasteiger partial charge in [0.2, 0.25) is 0 Å². The van der Waals surface area contributed by atoms with Gasteiger partial charge in [0.05, 0.1) is 5.69 Å². The van der Waals surface area contributed by atoms with Gasteiger partial charge in [-0.1, -0.05) is 46.3 Å². The SMILES string of the molecule is BrCc1c(N2CCc3ccccc3C2)nc2ccccn12. The number of benzene rings is 1. The van der Waals surface area contributed by atoms with Gasteiger partial charge in [0.25, 0.3) is 0 Å². The molecular weight excluding hydrogens is 326 g/mol. The van der Waals surface area contributed by atoms with Crippen molar-refractivity contribution >= 4 is 27.4 Å². The average molecular weight is 342 g/mol. The molecule has 0 atom stereocenters. The molecule has 0 amide bonds. The van der Waals surface area contributed by atoms with Gasteiger partial charge >= 0.3 is 0 Å². The molecule has 3 nitrogen and oxygen atoms in total. The Balaban J connectivity index is 1.78. The van der Waals surface area contributed by atoms with Gasteiger partial charge in [-0.3, -0.25) is 0 Å². The fourth-order valence-corrected chi connectivity index (χ4v) is 3.61. The summed E-state index contributed by atoms with van der Waals surface area (Å²) in [7, 11) is 0. The van der Waals surface area contributed by atoms with Gasteiger partial charge in [0, 0.05) is 24.6 Å². The topological polar surface area (TPSA) is 20.5 Å². The smallest absolute Gasteiger partial charge is 0.152 e. The number of rotatable bonds is 2. The summed E-state index contributed by atoms with van der Waals surface area (Å²) in [5.41, 5.74) is 5.13. The molecule has 0 spiro atoms. The molecule has 0 aliphatic carbocycles. The Labute approximate surface area is 132 Å². The number of imidazole rings is 1. The lowest BCUT2D eigenvalue weighted by Gasteiger charge is -2.29. The predicted octanol–water partition coefficient (Wildman–Crippen LogP) is 3.79. The maximum Gasteiger partial charge on any atom is 0.152 e. The van der Waals surface area contributed by atoms with E-state index in [1.165, 1.54) is 16.8 Å². The van der Waals surface area contributed by atoms with E-state index < -0.39 is 0 Å². The van der Waals surface area contributed by atoms with Gasteiger partial charge in [-0.05, 0) is 29.7 Å². The van der Waals surface area contributed by atoms with Crippen molar-refractivity contribution in [2.75, 3.05) is 11.4 Å². The Morgan fingerprint density at radius 3 is 2.71 bits per heavy atom. The highest BCUT2D eigenvalue weighted by Crippen LogP contribution is 2.28. The predicted molar refractivity (Wildman–Crippen MR) is 89.0 cm³/mol. The van der Waals surface area contributed by atoms with Crippen LogP contribution in [-0.2, 0) is 18.3 Å². The lowest BCUT2D eigenvalue weighted by molar-refractivity contribution is 0.720. The molecule has 0 radical (unpaired) electrons. The van der Waals surface area contributed by atoms with Crippen LogP contribution in [0.3, 0.4) is 0 Å². The normalized spacial score (nSPS) is 14.4. The summed E-state index contributed by atoms with van der Waals surface area (Å²) < 4.78 is 2.17. The number of alkyl halides is 1. The van der Waals surface area contributed by atoms with Crippen molar-refractivity contribution in [1.82, 2.24) is 9.38 Å². The van der Waals surface area contributed by atoms with Gasteiger partial charge in [0.15, 0.2) is 5.82 Å². The summed E-state index contributed by atoms with van der Waals surface area (Å²) in [6.07, 6.45) is 3.17. The lowest BCUT2D eigenvalue weighted by atomic mass is 10.00. The van der Waals surface area contributed by atoms with Crippen LogP contribution in [0, 0.1) is 0 Å². The molecular formula is C17H16BrN3. The zero-order valence-corrected chi connectivity index (χ0v) is 13.3. The minimum Gasteiger partial charge on any atom is -0.350 e. The highest BCUT2D eigenvalue weighted by molar-refractivity contribution is 9.08. The van der Waals surface area contributed by atoms with E-state index >= 15 is 0 Å². The molecule has 21 heavy (non-hydrogen) atoms. The first-order chi connectivity index (χ1) is 10.4. The molecule has 2 aromatic heterocycles. The minimum atomic E-state index is 0.811. The van der Waals surface area contributed by atoms with Crippen molar-refractivity contribution in [2.24, 2.45) is 0 Å². The van der Waals surface area contributed by atoms with Gasteiger partial charge in [-0.15, -0.1) is 0 Å². The summed E-state index contributed by atoms with van der Waals surface area (Å²) >= 11 is 3.62. The molecule has 0 fully saturated rings. The summed E-state index contributed by atoms with van der Waals surface area (Å²) in [5, 5.41) is 0.811. The molecule has 4 rings (SSSR count). The summed E-state index contributed by atoms with van der Waals surface area (Å²) in [5.74, 6) is 1.10. The zero-order chi connectivity index (χ0) is 14.2. The Morgan fingerprint density at radius 2 is 1.86 bits per heavy atom. The van der Waals surface area contributed by atoms with Crippen molar-refractivity contribution < 1.29 is 0 Å². The van der Waals surface area contributed by atoms with Crippen LogP contribution in [0.15, 0.2) is 48.7 Å². The maximum absolute atomic E-state index is 4.84. The molecule has 0 unspecified atom stereocenters. The van der Waals surface area contributed by atoms with E-state index in [1.54, 1.807) is 0 Å². The van der Waals surface area contributed by atoms with Crippen LogP contribution in [0.25, 0.3) is 5.65 Å². The van der Waals surface area contributed by atoms with Gasteiger partial charge in [-0.2, -0.15) is 0 Å². The number of anilines is 1. The monoisotopic (exact) mass is 341 g/mol. The third-order valence-corrected chi connectivity index (χ3v) is 4.70. The van der Waals surface area contributed by atoms with Crippen molar-refractivity contribution in [3.05, 3.63) is 65.5 Å². The molecule has 0 saturated carbocycles. The minimum absolute atomic E-state index is 0.811. The fourth-order valence-electron chi connectivity index (χ4n) is 3.09. The fraction of sp³-hybridized carbons (Fsp3) is 0.235. The van der Waals surface area contributed by atoms with Crippen LogP contribution in [0.2, 0.25) is 0 Å². The Bertz CT molecular complexity index is 794.